The van der Waals surface area contributed by atoms with Crippen molar-refractivity contribution in [1.82, 2.24) is 5.32 Å². The Kier molecular flexibility index (Phi) is 6.21. The van der Waals surface area contributed by atoms with Crippen LogP contribution in [0.5, 0.6) is 11.5 Å². The summed E-state index contributed by atoms with van der Waals surface area (Å²) in [4.78, 5) is 4.91. The zero-order valence-corrected chi connectivity index (χ0v) is 18.3. The predicted octanol–water partition coefficient (Wildman–Crippen LogP) is 6.58. The molecule has 4 nitrogen and oxygen atoms in total. The van der Waals surface area contributed by atoms with Crippen molar-refractivity contribution >= 4 is 40.5 Å². The highest BCUT2D eigenvalue weighted by molar-refractivity contribution is 6.35. The number of phenols is 1. The van der Waals surface area contributed by atoms with Crippen molar-refractivity contribution in [2.24, 2.45) is 4.99 Å². The van der Waals surface area contributed by atoms with E-state index in [1.54, 1.807) is 18.2 Å². The summed E-state index contributed by atoms with van der Waals surface area (Å²) >= 11 is 18.6. The number of ether oxygens (including phenoxy) is 1. The lowest BCUT2D eigenvalue weighted by molar-refractivity contribution is 0.360. The van der Waals surface area contributed by atoms with Crippen LogP contribution in [0.1, 0.15) is 35.3 Å². The molecule has 0 unspecified atom stereocenters. The highest BCUT2D eigenvalue weighted by Crippen LogP contribution is 2.40. The summed E-state index contributed by atoms with van der Waals surface area (Å²) in [6.45, 7) is 0. The Balaban J connectivity index is 1.79. The minimum absolute atomic E-state index is 0.107. The van der Waals surface area contributed by atoms with Gasteiger partial charge in [0.15, 0.2) is 11.5 Å². The maximum absolute atomic E-state index is 10.7. The molecule has 0 aromatic heterocycles. The van der Waals surface area contributed by atoms with E-state index in [4.69, 9.17) is 44.5 Å². The number of rotatable bonds is 4. The number of aromatic hydroxyl groups is 1. The lowest BCUT2D eigenvalue weighted by Crippen LogP contribution is -2.33. The summed E-state index contributed by atoms with van der Waals surface area (Å²) in [7, 11) is 1.53. The van der Waals surface area contributed by atoms with Crippen LogP contribution in [-0.4, -0.2) is 17.9 Å². The van der Waals surface area contributed by atoms with Gasteiger partial charge < -0.3 is 9.84 Å². The van der Waals surface area contributed by atoms with Crippen molar-refractivity contribution < 1.29 is 9.84 Å². The van der Waals surface area contributed by atoms with E-state index in [9.17, 15) is 5.11 Å². The third-order valence-corrected chi connectivity index (χ3v) is 5.92. The van der Waals surface area contributed by atoms with Crippen molar-refractivity contribution in [1.29, 1.82) is 0 Å². The van der Waals surface area contributed by atoms with Crippen LogP contribution >= 0.6 is 34.8 Å². The maximum atomic E-state index is 10.7. The fourth-order valence-electron chi connectivity index (χ4n) is 3.59. The van der Waals surface area contributed by atoms with E-state index >= 15 is 0 Å². The van der Waals surface area contributed by atoms with Gasteiger partial charge in [-0.2, -0.15) is 0 Å². The number of hydrogen-bond donors (Lipinski definition) is 2. The van der Waals surface area contributed by atoms with E-state index in [2.05, 4.69) is 5.32 Å². The molecule has 0 aliphatic carbocycles. The lowest BCUT2D eigenvalue weighted by atomic mass is 9.93. The average Bonchev–Trinajstić information content (AvgIpc) is 2.74. The molecule has 2 N–H and O–H groups in total. The third-order valence-electron chi connectivity index (χ3n) is 5.10. The predicted molar refractivity (Wildman–Crippen MR) is 122 cm³/mol. The quantitative estimate of drug-likeness (QED) is 0.461. The van der Waals surface area contributed by atoms with Gasteiger partial charge in [-0.1, -0.05) is 65.1 Å². The number of methoxy groups -OCH3 is 1. The molecule has 154 valence electrons. The summed E-state index contributed by atoms with van der Waals surface area (Å²) in [5.74, 6) is 0.529. The molecular weight excluding hydrogens is 443 g/mol. The molecule has 3 aromatic rings. The van der Waals surface area contributed by atoms with Crippen LogP contribution in [0.25, 0.3) is 0 Å². The third kappa shape index (κ3) is 4.28. The van der Waals surface area contributed by atoms with Crippen molar-refractivity contribution in [3.05, 3.63) is 92.4 Å². The molecule has 3 aromatic carbocycles. The number of nitrogens with one attached hydrogen (secondary N) is 1. The van der Waals surface area contributed by atoms with Gasteiger partial charge in [0.05, 0.1) is 7.11 Å². The Bertz CT molecular complexity index is 1100. The summed E-state index contributed by atoms with van der Waals surface area (Å²) < 4.78 is 5.29. The molecule has 0 amide bonds. The zero-order valence-electron chi connectivity index (χ0n) is 16.1. The molecule has 30 heavy (non-hydrogen) atoms. The first-order valence-electron chi connectivity index (χ1n) is 9.35. The van der Waals surface area contributed by atoms with Gasteiger partial charge in [-0.25, -0.2) is 0 Å². The molecule has 1 aliphatic rings. The minimum atomic E-state index is -0.412. The van der Waals surface area contributed by atoms with E-state index in [0.29, 0.717) is 27.2 Å². The number of para-hydroxylation sites is 1. The van der Waals surface area contributed by atoms with Crippen LogP contribution in [0.4, 0.5) is 0 Å². The van der Waals surface area contributed by atoms with Crippen LogP contribution in [0.3, 0.4) is 0 Å². The van der Waals surface area contributed by atoms with Gasteiger partial charge in [-0.05, 0) is 35.9 Å². The molecular formula is C23H19Cl3N2O2. The molecule has 1 heterocycles. The first-order chi connectivity index (χ1) is 14.5. The molecule has 0 fully saturated rings. The van der Waals surface area contributed by atoms with Gasteiger partial charge in [0, 0.05) is 44.4 Å². The Morgan fingerprint density at radius 1 is 0.967 bits per heavy atom. The van der Waals surface area contributed by atoms with Gasteiger partial charge in [-0.3, -0.25) is 10.3 Å². The zero-order chi connectivity index (χ0) is 21.3. The Labute approximate surface area is 190 Å². The number of hydrogen-bond acceptors (Lipinski definition) is 4. The topological polar surface area (TPSA) is 53.8 Å². The highest BCUT2D eigenvalue weighted by Gasteiger charge is 2.29. The summed E-state index contributed by atoms with van der Waals surface area (Å²) in [6.07, 6.45) is 0.161. The van der Waals surface area contributed by atoms with E-state index in [-0.39, 0.29) is 11.8 Å². The van der Waals surface area contributed by atoms with Crippen molar-refractivity contribution in [2.45, 2.75) is 18.6 Å². The number of benzene rings is 3. The van der Waals surface area contributed by atoms with Crippen LogP contribution in [0.2, 0.25) is 15.1 Å². The molecule has 2 atom stereocenters. The SMILES string of the molecule is COc1cccc([C@H]2CC(c3ccc(Cl)cc3)=N[C@H](c3ccc(Cl)cc3Cl)N2)c1O. The van der Waals surface area contributed by atoms with Crippen molar-refractivity contribution in [2.75, 3.05) is 7.11 Å². The summed E-state index contributed by atoms with van der Waals surface area (Å²) in [5, 5.41) is 16.0. The van der Waals surface area contributed by atoms with Crippen LogP contribution in [0, 0.1) is 0 Å². The number of aliphatic imine (C=N–C) groups is 1. The van der Waals surface area contributed by atoms with Gasteiger partial charge in [0.2, 0.25) is 0 Å². The monoisotopic (exact) mass is 460 g/mol. The fourth-order valence-corrected chi connectivity index (χ4v) is 4.23. The Hall–Kier alpha value is -2.24. The maximum Gasteiger partial charge on any atom is 0.162 e. The van der Waals surface area contributed by atoms with Crippen LogP contribution in [-0.2, 0) is 0 Å². The molecule has 0 saturated heterocycles. The second-order valence-electron chi connectivity index (χ2n) is 6.97. The lowest BCUT2D eigenvalue weighted by Gasteiger charge is -2.31. The van der Waals surface area contributed by atoms with E-state index in [0.717, 1.165) is 22.4 Å². The van der Waals surface area contributed by atoms with Crippen molar-refractivity contribution in [3.63, 3.8) is 0 Å². The standard InChI is InChI=1S/C23H19Cl3N2O2/c1-30-21-4-2-3-17(22(21)29)20-12-19(13-5-7-14(24)8-6-13)27-23(28-20)16-10-9-15(25)11-18(16)26/h2-11,20,23,28-29H,12H2,1H3/t20-,23+/m1/s1. The molecule has 4 rings (SSSR count). The summed E-state index contributed by atoms with van der Waals surface area (Å²) in [5.41, 5.74) is 3.38. The average molecular weight is 462 g/mol. The molecule has 0 radical (unpaired) electrons. The largest absolute Gasteiger partial charge is 0.504 e. The first kappa shape index (κ1) is 21.0. The van der Waals surface area contributed by atoms with E-state index < -0.39 is 6.17 Å². The van der Waals surface area contributed by atoms with Gasteiger partial charge in [-0.15, -0.1) is 0 Å². The second kappa shape index (κ2) is 8.86. The van der Waals surface area contributed by atoms with Gasteiger partial charge in [0.25, 0.3) is 0 Å². The number of halogens is 3. The normalized spacial score (nSPS) is 18.7. The number of phenolic OH excluding ortho intramolecular Hbond substituents is 1. The molecule has 7 heteroatoms. The van der Waals surface area contributed by atoms with Gasteiger partial charge >= 0.3 is 0 Å². The van der Waals surface area contributed by atoms with E-state index in [1.807, 2.05) is 42.5 Å². The van der Waals surface area contributed by atoms with E-state index in [1.165, 1.54) is 7.11 Å². The van der Waals surface area contributed by atoms with Gasteiger partial charge in [0.1, 0.15) is 6.17 Å². The molecule has 0 bridgehead atoms. The molecule has 0 saturated carbocycles. The minimum Gasteiger partial charge on any atom is -0.504 e. The fraction of sp³-hybridized carbons (Fsp3) is 0.174. The van der Waals surface area contributed by atoms with Crippen LogP contribution in [0.15, 0.2) is 65.7 Å². The smallest absolute Gasteiger partial charge is 0.162 e. The molecule has 1 aliphatic heterocycles. The number of nitrogens with zero attached hydrogens (tertiary/aromatic N) is 1. The summed E-state index contributed by atoms with van der Waals surface area (Å²) in [6, 6.07) is 18.1. The Morgan fingerprint density at radius 3 is 2.40 bits per heavy atom. The van der Waals surface area contributed by atoms with Crippen LogP contribution < -0.4 is 10.1 Å². The highest BCUT2D eigenvalue weighted by atomic mass is 35.5. The first-order valence-corrected chi connectivity index (χ1v) is 10.5. The van der Waals surface area contributed by atoms with Crippen molar-refractivity contribution in [3.8, 4) is 11.5 Å². The molecule has 0 spiro atoms. The second-order valence-corrected chi connectivity index (χ2v) is 8.25. The Morgan fingerprint density at radius 2 is 1.70 bits per heavy atom.